The summed E-state index contributed by atoms with van der Waals surface area (Å²) in [5, 5.41) is 2.96. The van der Waals surface area contributed by atoms with Gasteiger partial charge < -0.3 is 15.2 Å². The second-order valence-electron chi connectivity index (χ2n) is 6.46. The number of rotatable bonds is 4. The summed E-state index contributed by atoms with van der Waals surface area (Å²) in [5.74, 6) is 2.17. The molecular weight excluding hydrogens is 336 g/mol. The molecule has 2 aliphatic rings. The Hall–Kier alpha value is -2.28. The Morgan fingerprint density at radius 3 is 2.92 bits per heavy atom. The molecule has 1 aromatic carbocycles. The molecule has 130 valence electrons. The van der Waals surface area contributed by atoms with E-state index in [0.717, 1.165) is 30.7 Å². The van der Waals surface area contributed by atoms with Gasteiger partial charge in [0.05, 0.1) is 5.88 Å². The number of carbonyl (C=O) groups is 2. The molecule has 2 fully saturated rings. The normalized spacial score (nSPS) is 20.3. The molecule has 1 saturated heterocycles. The van der Waals surface area contributed by atoms with Gasteiger partial charge >= 0.3 is 0 Å². The van der Waals surface area contributed by atoms with E-state index in [1.54, 1.807) is 29.1 Å². The summed E-state index contributed by atoms with van der Waals surface area (Å²) in [5.41, 5.74) is 1.62. The number of hydrogen-bond donors (Lipinski definition) is 2. The minimum atomic E-state index is -0.384. The molecule has 2 amide bonds. The molecule has 6 nitrogen and oxygen atoms in total. The highest BCUT2D eigenvalue weighted by molar-refractivity contribution is 7.99. The summed E-state index contributed by atoms with van der Waals surface area (Å²) in [7, 11) is 0. The smallest absolute Gasteiger partial charge is 0.248 e. The number of hydrogen-bond acceptors (Lipinski definition) is 4. The highest BCUT2D eigenvalue weighted by Crippen LogP contribution is 2.32. The summed E-state index contributed by atoms with van der Waals surface area (Å²) in [6.45, 7) is 0. The van der Waals surface area contributed by atoms with Crippen molar-refractivity contribution < 1.29 is 9.59 Å². The fourth-order valence-corrected chi connectivity index (χ4v) is 4.32. The minimum absolute atomic E-state index is 0.116. The Kier molecular flexibility index (Phi) is 4.48. The molecule has 1 saturated carbocycles. The van der Waals surface area contributed by atoms with Gasteiger partial charge in [-0.25, -0.2) is 4.98 Å². The third-order valence-electron chi connectivity index (χ3n) is 4.82. The molecule has 1 atom stereocenters. The van der Waals surface area contributed by atoms with E-state index in [9.17, 15) is 9.59 Å². The summed E-state index contributed by atoms with van der Waals surface area (Å²) in [6, 6.07) is 7.17. The number of nitrogens with one attached hydrogen (secondary N) is 2. The second-order valence-corrected chi connectivity index (χ2v) is 7.46. The number of anilines is 1. The fourth-order valence-electron chi connectivity index (χ4n) is 3.16. The first kappa shape index (κ1) is 16.2. The zero-order chi connectivity index (χ0) is 17.2. The molecule has 0 radical (unpaired) electrons. The number of thioether (sulfide) groups is 1. The van der Waals surface area contributed by atoms with E-state index < -0.39 is 0 Å². The molecule has 4 rings (SSSR count). The molecule has 1 aromatic heterocycles. The van der Waals surface area contributed by atoms with Crippen molar-refractivity contribution in [2.24, 2.45) is 5.92 Å². The average molecular weight is 356 g/mol. The fraction of sp³-hybridized carbons (Fsp3) is 0.389. The number of amides is 2. The number of aromatic nitrogens is 2. The van der Waals surface area contributed by atoms with Crippen molar-refractivity contribution in [3.05, 3.63) is 36.7 Å². The number of imidazole rings is 1. The van der Waals surface area contributed by atoms with Crippen LogP contribution >= 0.6 is 11.8 Å². The van der Waals surface area contributed by atoms with Crippen LogP contribution in [0.5, 0.6) is 0 Å². The van der Waals surface area contributed by atoms with Gasteiger partial charge in [0.25, 0.3) is 0 Å². The van der Waals surface area contributed by atoms with Crippen LogP contribution in [0.25, 0.3) is 11.4 Å². The number of benzene rings is 1. The minimum Gasteiger partial charge on any atom is -0.345 e. The van der Waals surface area contributed by atoms with Crippen molar-refractivity contribution in [3.63, 3.8) is 0 Å². The van der Waals surface area contributed by atoms with Crippen LogP contribution < -0.4 is 5.32 Å². The van der Waals surface area contributed by atoms with Gasteiger partial charge in [0, 0.05) is 35.3 Å². The van der Waals surface area contributed by atoms with Gasteiger partial charge in [0.2, 0.25) is 11.8 Å². The van der Waals surface area contributed by atoms with E-state index in [2.05, 4.69) is 15.3 Å². The number of nitrogens with zero attached hydrogens (tertiary/aromatic N) is 2. The summed E-state index contributed by atoms with van der Waals surface area (Å²) in [4.78, 5) is 34.3. The van der Waals surface area contributed by atoms with Crippen LogP contribution in [0.15, 0.2) is 36.7 Å². The Morgan fingerprint density at radius 1 is 1.32 bits per heavy atom. The van der Waals surface area contributed by atoms with Gasteiger partial charge in [0.15, 0.2) is 0 Å². The first-order valence-corrected chi connectivity index (χ1v) is 9.67. The first-order chi connectivity index (χ1) is 12.2. The predicted octanol–water partition coefficient (Wildman–Crippen LogP) is 2.72. The third-order valence-corrected chi connectivity index (χ3v) is 5.84. The van der Waals surface area contributed by atoms with E-state index in [4.69, 9.17) is 0 Å². The molecule has 2 heterocycles. The molecule has 7 heteroatoms. The van der Waals surface area contributed by atoms with Crippen LogP contribution in [0, 0.1) is 5.92 Å². The molecule has 2 aromatic rings. The zero-order valence-electron chi connectivity index (χ0n) is 13.8. The largest absolute Gasteiger partial charge is 0.345 e. The Morgan fingerprint density at radius 2 is 2.20 bits per heavy atom. The van der Waals surface area contributed by atoms with Crippen LogP contribution in [0.3, 0.4) is 0 Å². The Balaban J connectivity index is 1.46. The second kappa shape index (κ2) is 6.92. The molecule has 0 bridgehead atoms. The molecule has 1 unspecified atom stereocenters. The summed E-state index contributed by atoms with van der Waals surface area (Å²) < 4.78 is 0. The molecule has 0 spiro atoms. The van der Waals surface area contributed by atoms with Crippen LogP contribution in [-0.4, -0.2) is 44.4 Å². The number of carbonyl (C=O) groups excluding carboxylic acids is 2. The lowest BCUT2D eigenvalue weighted by Crippen LogP contribution is -2.47. The van der Waals surface area contributed by atoms with E-state index in [1.807, 2.05) is 24.3 Å². The van der Waals surface area contributed by atoms with Gasteiger partial charge in [-0.3, -0.25) is 9.59 Å². The standard InChI is InChI=1S/C18H20N4O2S/c23-17(15-10-25-11-22(15)18(24)12-3-1-4-12)21-14-6-2-5-13(9-14)16-19-7-8-20-16/h2,5-9,12,15H,1,3-4,10-11H2,(H,19,20)(H,21,23). The highest BCUT2D eigenvalue weighted by atomic mass is 32.2. The van der Waals surface area contributed by atoms with Crippen molar-refractivity contribution >= 4 is 29.3 Å². The SMILES string of the molecule is O=C(Nc1cccc(-c2ncc[nH]2)c1)C1CSCN1C(=O)C1CCC1. The van der Waals surface area contributed by atoms with E-state index in [0.29, 0.717) is 17.3 Å². The topological polar surface area (TPSA) is 78.1 Å². The Bertz CT molecular complexity index is 773. The molecule has 1 aliphatic carbocycles. The van der Waals surface area contributed by atoms with Gasteiger partial charge in [-0.1, -0.05) is 18.6 Å². The monoisotopic (exact) mass is 356 g/mol. The van der Waals surface area contributed by atoms with Crippen LogP contribution in [0.1, 0.15) is 19.3 Å². The van der Waals surface area contributed by atoms with Crippen LogP contribution in [0.4, 0.5) is 5.69 Å². The van der Waals surface area contributed by atoms with Crippen molar-refractivity contribution in [1.82, 2.24) is 14.9 Å². The molecular formula is C18H20N4O2S. The zero-order valence-corrected chi connectivity index (χ0v) is 14.6. The molecule has 2 N–H and O–H groups in total. The maximum atomic E-state index is 12.7. The third kappa shape index (κ3) is 3.28. The lowest BCUT2D eigenvalue weighted by molar-refractivity contribution is -0.141. The van der Waals surface area contributed by atoms with Gasteiger partial charge in [-0.05, 0) is 25.0 Å². The molecule has 25 heavy (non-hydrogen) atoms. The van der Waals surface area contributed by atoms with Crippen molar-refractivity contribution in [2.75, 3.05) is 16.9 Å². The van der Waals surface area contributed by atoms with Crippen molar-refractivity contribution in [2.45, 2.75) is 25.3 Å². The maximum Gasteiger partial charge on any atom is 0.248 e. The quantitative estimate of drug-likeness (QED) is 0.883. The molecule has 1 aliphatic heterocycles. The van der Waals surface area contributed by atoms with Crippen molar-refractivity contribution in [3.8, 4) is 11.4 Å². The Labute approximate surface area is 150 Å². The lowest BCUT2D eigenvalue weighted by atomic mass is 9.84. The van der Waals surface area contributed by atoms with Crippen LogP contribution in [0.2, 0.25) is 0 Å². The summed E-state index contributed by atoms with van der Waals surface area (Å²) in [6.07, 6.45) is 6.49. The van der Waals surface area contributed by atoms with E-state index >= 15 is 0 Å². The average Bonchev–Trinajstić information content (AvgIpc) is 3.25. The van der Waals surface area contributed by atoms with E-state index in [-0.39, 0.29) is 23.8 Å². The van der Waals surface area contributed by atoms with Crippen molar-refractivity contribution in [1.29, 1.82) is 0 Å². The van der Waals surface area contributed by atoms with Gasteiger partial charge in [-0.15, -0.1) is 11.8 Å². The first-order valence-electron chi connectivity index (χ1n) is 8.51. The lowest BCUT2D eigenvalue weighted by Gasteiger charge is -2.31. The number of H-pyrrole nitrogens is 1. The predicted molar refractivity (Wildman–Crippen MR) is 98.0 cm³/mol. The summed E-state index contributed by atoms with van der Waals surface area (Å²) >= 11 is 1.64. The van der Waals surface area contributed by atoms with E-state index in [1.165, 1.54) is 0 Å². The maximum absolute atomic E-state index is 12.7. The van der Waals surface area contributed by atoms with Gasteiger partial charge in [0.1, 0.15) is 11.9 Å². The highest BCUT2D eigenvalue weighted by Gasteiger charge is 2.39. The van der Waals surface area contributed by atoms with Crippen LogP contribution in [-0.2, 0) is 9.59 Å². The van der Waals surface area contributed by atoms with Gasteiger partial charge in [-0.2, -0.15) is 0 Å². The number of aromatic amines is 1.